The van der Waals surface area contributed by atoms with Gasteiger partial charge in [0.05, 0.1) is 10.7 Å². The highest BCUT2D eigenvalue weighted by molar-refractivity contribution is 7.09. The van der Waals surface area contributed by atoms with Crippen molar-refractivity contribution in [1.29, 1.82) is 0 Å². The van der Waals surface area contributed by atoms with Crippen molar-refractivity contribution < 1.29 is 9.18 Å². The molecule has 0 aromatic carbocycles. The second-order valence-corrected chi connectivity index (χ2v) is 7.99. The van der Waals surface area contributed by atoms with Crippen LogP contribution in [0.25, 0.3) is 0 Å². The van der Waals surface area contributed by atoms with Gasteiger partial charge in [0.2, 0.25) is 0 Å². The highest BCUT2D eigenvalue weighted by Gasteiger charge is 2.34. The zero-order valence-electron chi connectivity index (χ0n) is 14.5. The molecule has 2 aliphatic rings. The lowest BCUT2D eigenvalue weighted by Gasteiger charge is -2.34. The van der Waals surface area contributed by atoms with Crippen LogP contribution in [0.1, 0.15) is 43.3 Å². The minimum Gasteiger partial charge on any atom is -0.340 e. The third kappa shape index (κ3) is 4.33. The topological polar surface area (TPSA) is 45.2 Å². The van der Waals surface area contributed by atoms with Gasteiger partial charge in [-0.2, -0.15) is 0 Å². The van der Waals surface area contributed by atoms with Gasteiger partial charge in [0.1, 0.15) is 0 Å². The number of thiazole rings is 1. The number of nitrogens with one attached hydrogen (secondary N) is 1. The van der Waals surface area contributed by atoms with Gasteiger partial charge in [0.25, 0.3) is 5.91 Å². The number of aromatic nitrogens is 1. The number of carbonyl (C=O) groups excluding carboxylic acids is 1. The first kappa shape index (κ1) is 17.8. The van der Waals surface area contributed by atoms with Crippen LogP contribution >= 0.6 is 11.3 Å². The molecule has 24 heavy (non-hydrogen) atoms. The summed E-state index contributed by atoms with van der Waals surface area (Å²) < 4.78 is 14.5. The molecule has 3 heterocycles. The maximum atomic E-state index is 14.5. The first-order valence-corrected chi connectivity index (χ1v) is 10.1. The second kappa shape index (κ2) is 8.39. The average molecular weight is 354 g/mol. The average Bonchev–Trinajstić information content (AvgIpc) is 3.09. The molecular formula is C18H28FN3OS. The first-order chi connectivity index (χ1) is 11.7. The number of halogens is 1. The minimum atomic E-state index is -1.31. The Bertz CT molecular complexity index is 536. The number of rotatable bonds is 5. The molecule has 6 heteroatoms. The van der Waals surface area contributed by atoms with Crippen molar-refractivity contribution in [3.05, 3.63) is 16.1 Å². The number of amides is 1. The number of nitrogens with zero attached hydrogens (tertiary/aromatic N) is 2. The fourth-order valence-corrected chi connectivity index (χ4v) is 4.72. The summed E-state index contributed by atoms with van der Waals surface area (Å²) in [6.45, 7) is 5.17. The molecule has 1 aromatic heterocycles. The van der Waals surface area contributed by atoms with Crippen LogP contribution in [0.4, 0.5) is 4.39 Å². The molecule has 2 saturated heterocycles. The molecule has 0 aliphatic carbocycles. The summed E-state index contributed by atoms with van der Waals surface area (Å²) in [4.78, 5) is 18.8. The summed E-state index contributed by atoms with van der Waals surface area (Å²) in [5.74, 6) is 0.198. The summed E-state index contributed by atoms with van der Waals surface area (Å²) in [6, 6.07) is 0. The van der Waals surface area contributed by atoms with E-state index in [2.05, 4.69) is 22.6 Å². The Kier molecular flexibility index (Phi) is 6.22. The van der Waals surface area contributed by atoms with Crippen molar-refractivity contribution in [2.75, 3.05) is 26.2 Å². The normalized spacial score (nSPS) is 21.8. The van der Waals surface area contributed by atoms with E-state index in [1.165, 1.54) is 10.7 Å². The van der Waals surface area contributed by atoms with E-state index < -0.39 is 6.17 Å². The Morgan fingerprint density at radius 2 is 2.08 bits per heavy atom. The molecule has 0 bridgehead atoms. The van der Waals surface area contributed by atoms with Crippen LogP contribution in [0.5, 0.6) is 0 Å². The van der Waals surface area contributed by atoms with E-state index in [4.69, 9.17) is 0 Å². The molecule has 1 unspecified atom stereocenters. The summed E-state index contributed by atoms with van der Waals surface area (Å²) in [5.41, 5.74) is 1.17. The number of alkyl halides is 1. The Morgan fingerprint density at radius 1 is 1.38 bits per heavy atom. The van der Waals surface area contributed by atoms with Crippen LogP contribution in [-0.2, 0) is 17.6 Å². The van der Waals surface area contributed by atoms with Gasteiger partial charge in [0, 0.05) is 30.8 Å². The van der Waals surface area contributed by atoms with E-state index in [-0.39, 0.29) is 11.8 Å². The van der Waals surface area contributed by atoms with Crippen molar-refractivity contribution in [1.82, 2.24) is 15.2 Å². The number of likely N-dealkylation sites (tertiary alicyclic amines) is 1. The monoisotopic (exact) mass is 353 g/mol. The molecular weight excluding hydrogens is 325 g/mol. The standard InChI is InChI=1S/C18H28FN3OS/c1-2-15-12-24-16(21-15)11-13-5-9-22(10-6-13)18(23)17(19)14-3-7-20-8-4-14/h12-14,17,20H,2-11H2,1H3. The maximum Gasteiger partial charge on any atom is 0.257 e. The molecule has 2 aliphatic heterocycles. The fourth-order valence-electron chi connectivity index (χ4n) is 3.72. The third-order valence-electron chi connectivity index (χ3n) is 5.38. The van der Waals surface area contributed by atoms with Crippen molar-refractivity contribution in [3.8, 4) is 0 Å². The van der Waals surface area contributed by atoms with Gasteiger partial charge in [-0.3, -0.25) is 4.79 Å². The van der Waals surface area contributed by atoms with Crippen molar-refractivity contribution in [2.45, 2.75) is 51.6 Å². The number of hydrogen-bond acceptors (Lipinski definition) is 4. The van der Waals surface area contributed by atoms with Crippen LogP contribution in [0, 0.1) is 11.8 Å². The summed E-state index contributed by atoms with van der Waals surface area (Å²) in [6.07, 6.45) is 4.14. The highest BCUT2D eigenvalue weighted by atomic mass is 32.1. The van der Waals surface area contributed by atoms with Gasteiger partial charge in [0.15, 0.2) is 6.17 Å². The summed E-state index contributed by atoms with van der Waals surface area (Å²) in [5, 5.41) is 6.57. The predicted molar refractivity (Wildman–Crippen MR) is 95.0 cm³/mol. The predicted octanol–water partition coefficient (Wildman–Crippen LogP) is 2.82. The molecule has 0 spiro atoms. The van der Waals surface area contributed by atoms with Crippen molar-refractivity contribution in [3.63, 3.8) is 0 Å². The maximum absolute atomic E-state index is 14.5. The van der Waals surface area contributed by atoms with Gasteiger partial charge in [-0.25, -0.2) is 9.37 Å². The fraction of sp³-hybridized carbons (Fsp3) is 0.778. The lowest BCUT2D eigenvalue weighted by atomic mass is 9.90. The smallest absolute Gasteiger partial charge is 0.257 e. The van der Waals surface area contributed by atoms with Crippen molar-refractivity contribution in [2.24, 2.45) is 11.8 Å². The van der Waals surface area contributed by atoms with Crippen LogP contribution in [-0.4, -0.2) is 48.1 Å². The van der Waals surface area contributed by atoms with Gasteiger partial charge in [-0.1, -0.05) is 6.92 Å². The number of hydrogen-bond donors (Lipinski definition) is 1. The van der Waals surface area contributed by atoms with E-state index in [1.807, 2.05) is 0 Å². The largest absolute Gasteiger partial charge is 0.340 e. The molecule has 134 valence electrons. The van der Waals surface area contributed by atoms with E-state index in [0.717, 1.165) is 51.6 Å². The van der Waals surface area contributed by atoms with Gasteiger partial charge in [-0.05, 0) is 51.1 Å². The zero-order chi connectivity index (χ0) is 16.9. The van der Waals surface area contributed by atoms with E-state index in [9.17, 15) is 9.18 Å². The Hall–Kier alpha value is -1.01. The van der Waals surface area contributed by atoms with Crippen LogP contribution in [0.2, 0.25) is 0 Å². The Labute approximate surface area is 147 Å². The quantitative estimate of drug-likeness (QED) is 0.885. The van der Waals surface area contributed by atoms with Crippen LogP contribution in [0.3, 0.4) is 0 Å². The highest BCUT2D eigenvalue weighted by Crippen LogP contribution is 2.26. The zero-order valence-corrected chi connectivity index (χ0v) is 15.3. The van der Waals surface area contributed by atoms with E-state index in [1.54, 1.807) is 16.2 Å². The lowest BCUT2D eigenvalue weighted by molar-refractivity contribution is -0.140. The van der Waals surface area contributed by atoms with E-state index in [0.29, 0.717) is 19.0 Å². The Morgan fingerprint density at radius 3 is 2.71 bits per heavy atom. The lowest BCUT2D eigenvalue weighted by Crippen LogP contribution is -2.46. The van der Waals surface area contributed by atoms with Crippen molar-refractivity contribution >= 4 is 17.2 Å². The number of carbonyl (C=O) groups is 1. The molecule has 0 radical (unpaired) electrons. The van der Waals surface area contributed by atoms with Crippen LogP contribution < -0.4 is 5.32 Å². The summed E-state index contributed by atoms with van der Waals surface area (Å²) >= 11 is 1.74. The van der Waals surface area contributed by atoms with Crippen LogP contribution in [0.15, 0.2) is 5.38 Å². The summed E-state index contributed by atoms with van der Waals surface area (Å²) in [7, 11) is 0. The van der Waals surface area contributed by atoms with Gasteiger partial charge >= 0.3 is 0 Å². The second-order valence-electron chi connectivity index (χ2n) is 7.05. The van der Waals surface area contributed by atoms with E-state index >= 15 is 0 Å². The molecule has 2 fully saturated rings. The first-order valence-electron chi connectivity index (χ1n) is 9.24. The number of aryl methyl sites for hydroxylation is 1. The van der Waals surface area contributed by atoms with Gasteiger partial charge < -0.3 is 10.2 Å². The third-order valence-corrected chi connectivity index (χ3v) is 6.30. The molecule has 1 atom stereocenters. The Balaban J connectivity index is 1.46. The molecule has 1 amide bonds. The molecule has 1 aromatic rings. The minimum absolute atomic E-state index is 0.0979. The molecule has 4 nitrogen and oxygen atoms in total. The SMILES string of the molecule is CCc1csc(CC2CCN(C(=O)C(F)C3CCNCC3)CC2)n1. The molecule has 1 N–H and O–H groups in total. The number of piperidine rings is 2. The van der Waals surface area contributed by atoms with Gasteiger partial charge in [-0.15, -0.1) is 11.3 Å². The molecule has 0 saturated carbocycles. The molecule has 3 rings (SSSR count).